The van der Waals surface area contributed by atoms with Gasteiger partial charge in [0, 0.05) is 42.8 Å². The van der Waals surface area contributed by atoms with Gasteiger partial charge in [-0.05, 0) is 36.4 Å². The van der Waals surface area contributed by atoms with E-state index < -0.39 is 0 Å². The van der Waals surface area contributed by atoms with Gasteiger partial charge in [-0.3, -0.25) is 0 Å². The number of benzene rings is 2. The maximum absolute atomic E-state index is 5.27. The summed E-state index contributed by atoms with van der Waals surface area (Å²) >= 11 is 0. The lowest BCUT2D eigenvalue weighted by Gasteiger charge is -2.29. The van der Waals surface area contributed by atoms with Crippen LogP contribution in [0.15, 0.2) is 54.6 Å². The molecular weight excluding hydrogens is 298 g/mol. The molecule has 4 rings (SSSR count). The summed E-state index contributed by atoms with van der Waals surface area (Å²) in [6, 6.07) is 18.9. The third-order valence-corrected chi connectivity index (χ3v) is 4.54. The number of anilines is 1. The number of ether oxygens (including phenoxy) is 1. The molecule has 1 N–H and O–H groups in total. The van der Waals surface area contributed by atoms with Crippen molar-refractivity contribution in [2.45, 2.75) is 0 Å². The summed E-state index contributed by atoms with van der Waals surface area (Å²) in [4.78, 5) is 7.20. The zero-order chi connectivity index (χ0) is 16.4. The summed E-state index contributed by atoms with van der Waals surface area (Å²) in [5, 5.41) is 4.48. The Labute approximate surface area is 142 Å². The average molecular weight is 319 g/mol. The topological polar surface area (TPSA) is 37.4 Å². The van der Waals surface area contributed by atoms with Crippen LogP contribution in [-0.2, 0) is 0 Å². The molecule has 1 aliphatic rings. The summed E-state index contributed by atoms with van der Waals surface area (Å²) in [5.74, 6) is 0.859. The minimum atomic E-state index is 0.859. The number of hydrogen-bond donors (Lipinski definition) is 1. The molecule has 4 nitrogen and oxygen atoms in total. The van der Waals surface area contributed by atoms with Crippen LogP contribution in [0.5, 0.6) is 5.75 Å². The van der Waals surface area contributed by atoms with E-state index in [2.05, 4.69) is 46.6 Å². The Bertz CT molecular complexity index is 839. The fourth-order valence-electron chi connectivity index (χ4n) is 3.16. The van der Waals surface area contributed by atoms with E-state index in [0.717, 1.165) is 54.1 Å². The van der Waals surface area contributed by atoms with E-state index in [9.17, 15) is 0 Å². The number of rotatable bonds is 3. The minimum absolute atomic E-state index is 0.859. The smallest absolute Gasteiger partial charge is 0.119 e. The molecule has 1 fully saturated rings. The van der Waals surface area contributed by atoms with E-state index in [1.54, 1.807) is 7.11 Å². The first-order chi connectivity index (χ1) is 11.8. The van der Waals surface area contributed by atoms with E-state index >= 15 is 0 Å². The van der Waals surface area contributed by atoms with Crippen LogP contribution in [0.3, 0.4) is 0 Å². The van der Waals surface area contributed by atoms with Gasteiger partial charge in [0.05, 0.1) is 18.3 Å². The van der Waals surface area contributed by atoms with Gasteiger partial charge in [0.1, 0.15) is 5.75 Å². The van der Waals surface area contributed by atoms with Crippen molar-refractivity contribution in [2.75, 3.05) is 38.2 Å². The molecule has 0 bridgehead atoms. The maximum Gasteiger partial charge on any atom is 0.119 e. The van der Waals surface area contributed by atoms with Crippen molar-refractivity contribution in [3.63, 3.8) is 0 Å². The van der Waals surface area contributed by atoms with Gasteiger partial charge in [0.25, 0.3) is 0 Å². The fraction of sp³-hybridized carbons (Fsp3) is 0.250. The molecule has 1 aromatic heterocycles. The molecule has 1 aliphatic heterocycles. The van der Waals surface area contributed by atoms with Gasteiger partial charge in [0.2, 0.25) is 0 Å². The normalized spacial score (nSPS) is 14.8. The van der Waals surface area contributed by atoms with Crippen LogP contribution < -0.4 is 15.0 Å². The summed E-state index contributed by atoms with van der Waals surface area (Å²) < 4.78 is 5.27. The van der Waals surface area contributed by atoms with Gasteiger partial charge in [0.15, 0.2) is 0 Å². The van der Waals surface area contributed by atoms with E-state index in [1.807, 2.05) is 18.2 Å². The lowest BCUT2D eigenvalue weighted by Crippen LogP contribution is -2.43. The number of piperazine rings is 1. The number of hydrogen-bond acceptors (Lipinski definition) is 4. The van der Waals surface area contributed by atoms with Gasteiger partial charge in [-0.15, -0.1) is 0 Å². The van der Waals surface area contributed by atoms with Gasteiger partial charge < -0.3 is 15.0 Å². The van der Waals surface area contributed by atoms with Crippen LogP contribution in [0.1, 0.15) is 0 Å². The molecule has 0 spiro atoms. The van der Waals surface area contributed by atoms with Crippen LogP contribution >= 0.6 is 0 Å². The molecule has 122 valence electrons. The standard InChI is InChI=1S/C20H21N3O/c1-24-18-7-9-20-16(14-18)4-8-19(22-20)15-2-5-17(6-3-15)23-12-10-21-11-13-23/h2-9,14,21H,10-13H2,1H3. The van der Waals surface area contributed by atoms with Gasteiger partial charge >= 0.3 is 0 Å². The SMILES string of the molecule is COc1ccc2nc(-c3ccc(N4CCNCC4)cc3)ccc2c1. The molecule has 2 aromatic carbocycles. The molecular formula is C20H21N3O. The summed E-state index contributed by atoms with van der Waals surface area (Å²) in [6.45, 7) is 4.24. The third kappa shape index (κ3) is 2.93. The molecule has 4 heteroatoms. The first kappa shape index (κ1) is 15.0. The summed E-state index contributed by atoms with van der Waals surface area (Å²) in [7, 11) is 1.68. The highest BCUT2D eigenvalue weighted by Crippen LogP contribution is 2.26. The zero-order valence-electron chi connectivity index (χ0n) is 13.8. The Morgan fingerprint density at radius 3 is 2.50 bits per heavy atom. The Hall–Kier alpha value is -2.59. The monoisotopic (exact) mass is 319 g/mol. The van der Waals surface area contributed by atoms with Crippen molar-refractivity contribution in [3.8, 4) is 17.0 Å². The molecule has 1 saturated heterocycles. The number of aromatic nitrogens is 1. The summed E-state index contributed by atoms with van der Waals surface area (Å²) in [6.07, 6.45) is 0. The second-order valence-corrected chi connectivity index (χ2v) is 6.04. The number of nitrogens with zero attached hydrogens (tertiary/aromatic N) is 2. The fourth-order valence-corrected chi connectivity index (χ4v) is 3.16. The second kappa shape index (κ2) is 6.49. The molecule has 3 aromatic rings. The highest BCUT2D eigenvalue weighted by atomic mass is 16.5. The molecule has 0 radical (unpaired) electrons. The Morgan fingerprint density at radius 1 is 0.958 bits per heavy atom. The predicted octanol–water partition coefficient (Wildman–Crippen LogP) is 3.32. The molecule has 2 heterocycles. The van der Waals surface area contributed by atoms with Gasteiger partial charge in [-0.1, -0.05) is 18.2 Å². The first-order valence-corrected chi connectivity index (χ1v) is 8.34. The average Bonchev–Trinajstić information content (AvgIpc) is 2.68. The predicted molar refractivity (Wildman–Crippen MR) is 98.8 cm³/mol. The Balaban J connectivity index is 1.62. The molecule has 0 aliphatic carbocycles. The summed E-state index contributed by atoms with van der Waals surface area (Å²) in [5.41, 5.74) is 4.41. The Morgan fingerprint density at radius 2 is 1.75 bits per heavy atom. The van der Waals surface area contributed by atoms with Gasteiger partial charge in [-0.2, -0.15) is 0 Å². The van der Waals surface area contributed by atoms with Crippen molar-refractivity contribution >= 4 is 16.6 Å². The van der Waals surface area contributed by atoms with Crippen LogP contribution in [0.2, 0.25) is 0 Å². The van der Waals surface area contributed by atoms with Crippen molar-refractivity contribution in [3.05, 3.63) is 54.6 Å². The van der Waals surface area contributed by atoms with E-state index in [0.29, 0.717) is 0 Å². The van der Waals surface area contributed by atoms with Crippen molar-refractivity contribution in [1.82, 2.24) is 10.3 Å². The van der Waals surface area contributed by atoms with Crippen LogP contribution in [0, 0.1) is 0 Å². The Kier molecular flexibility index (Phi) is 4.05. The number of pyridine rings is 1. The first-order valence-electron chi connectivity index (χ1n) is 8.34. The quantitative estimate of drug-likeness (QED) is 0.803. The van der Waals surface area contributed by atoms with Crippen LogP contribution in [0.4, 0.5) is 5.69 Å². The zero-order valence-corrected chi connectivity index (χ0v) is 13.8. The second-order valence-electron chi connectivity index (χ2n) is 6.04. The molecule has 0 unspecified atom stereocenters. The molecule has 24 heavy (non-hydrogen) atoms. The number of nitrogens with one attached hydrogen (secondary N) is 1. The highest BCUT2D eigenvalue weighted by Gasteiger charge is 2.10. The van der Waals surface area contributed by atoms with Crippen molar-refractivity contribution in [1.29, 1.82) is 0 Å². The largest absolute Gasteiger partial charge is 0.497 e. The van der Waals surface area contributed by atoms with E-state index in [-0.39, 0.29) is 0 Å². The molecule has 0 amide bonds. The molecule has 0 saturated carbocycles. The van der Waals surface area contributed by atoms with Crippen LogP contribution in [-0.4, -0.2) is 38.3 Å². The number of fused-ring (bicyclic) bond motifs is 1. The van der Waals surface area contributed by atoms with E-state index in [1.165, 1.54) is 5.69 Å². The highest BCUT2D eigenvalue weighted by molar-refractivity contribution is 5.83. The maximum atomic E-state index is 5.27. The minimum Gasteiger partial charge on any atom is -0.497 e. The lowest BCUT2D eigenvalue weighted by atomic mass is 10.1. The van der Waals surface area contributed by atoms with Crippen molar-refractivity contribution < 1.29 is 4.74 Å². The molecule has 0 atom stereocenters. The van der Waals surface area contributed by atoms with Crippen molar-refractivity contribution in [2.24, 2.45) is 0 Å². The lowest BCUT2D eigenvalue weighted by molar-refractivity contribution is 0.415. The van der Waals surface area contributed by atoms with E-state index in [4.69, 9.17) is 9.72 Å². The third-order valence-electron chi connectivity index (χ3n) is 4.54. The van der Waals surface area contributed by atoms with Crippen LogP contribution in [0.25, 0.3) is 22.2 Å². The number of methoxy groups -OCH3 is 1. The van der Waals surface area contributed by atoms with Gasteiger partial charge in [-0.25, -0.2) is 4.98 Å².